The Balaban J connectivity index is 1.88. The maximum absolute atomic E-state index is 2.71. The molecule has 2 nitrogen and oxygen atoms in total. The van der Waals surface area contributed by atoms with Gasteiger partial charge in [-0.15, -0.1) is 0 Å². The lowest BCUT2D eigenvalue weighted by atomic mass is 9.77. The van der Waals surface area contributed by atoms with Crippen LogP contribution in [-0.4, -0.2) is 41.4 Å². The third-order valence-electron chi connectivity index (χ3n) is 5.69. The van der Waals surface area contributed by atoms with Gasteiger partial charge in [0.1, 0.15) is 13.1 Å². The number of rotatable bonds is 1. The van der Waals surface area contributed by atoms with E-state index < -0.39 is 0 Å². The first-order valence-electron chi connectivity index (χ1n) is 9.49. The zero-order valence-corrected chi connectivity index (χ0v) is 15.2. The molecule has 0 spiro atoms. The lowest BCUT2D eigenvalue weighted by Crippen LogP contribution is -2.40. The van der Waals surface area contributed by atoms with E-state index in [-0.39, 0.29) is 0 Å². The quantitative estimate of drug-likeness (QED) is 0.654. The van der Waals surface area contributed by atoms with E-state index in [0.29, 0.717) is 5.41 Å². The van der Waals surface area contributed by atoms with Crippen LogP contribution in [0.3, 0.4) is 0 Å². The fourth-order valence-electron chi connectivity index (χ4n) is 4.82. The smallest absolute Gasteiger partial charge is 0.178 e. The summed E-state index contributed by atoms with van der Waals surface area (Å²) in [5.41, 5.74) is 3.66. The molecule has 0 unspecified atom stereocenters. The Morgan fingerprint density at radius 1 is 1.00 bits per heavy atom. The normalized spacial score (nSPS) is 32.9. The zero-order valence-electron chi connectivity index (χ0n) is 15.2. The molecule has 2 heteroatoms. The second-order valence-corrected chi connectivity index (χ2v) is 9.04. The van der Waals surface area contributed by atoms with Crippen molar-refractivity contribution in [2.24, 2.45) is 17.3 Å². The Bertz CT molecular complexity index is 454. The van der Waals surface area contributed by atoms with Gasteiger partial charge in [0.05, 0.1) is 0 Å². The highest BCUT2D eigenvalue weighted by Crippen LogP contribution is 2.36. The SMILES string of the molecule is C[C@@H]1C[C@@H](C)C[N+](=C2C=C(N3CCCCC3)CC(C)(C)C2)C1. The van der Waals surface area contributed by atoms with E-state index in [1.807, 2.05) is 0 Å². The first-order valence-corrected chi connectivity index (χ1v) is 9.49. The Morgan fingerprint density at radius 3 is 2.27 bits per heavy atom. The van der Waals surface area contributed by atoms with Gasteiger partial charge in [-0.2, -0.15) is 0 Å². The van der Waals surface area contributed by atoms with E-state index in [4.69, 9.17) is 0 Å². The maximum atomic E-state index is 2.71. The molecular formula is C20H35N2+. The Kier molecular flexibility index (Phi) is 4.66. The van der Waals surface area contributed by atoms with Crippen LogP contribution in [0.5, 0.6) is 0 Å². The van der Waals surface area contributed by atoms with Crippen LogP contribution in [-0.2, 0) is 0 Å². The van der Waals surface area contributed by atoms with Gasteiger partial charge < -0.3 is 4.90 Å². The molecule has 0 aromatic heterocycles. The van der Waals surface area contributed by atoms with Crippen LogP contribution in [0, 0.1) is 17.3 Å². The molecule has 0 aromatic rings. The van der Waals surface area contributed by atoms with Gasteiger partial charge in [0.25, 0.3) is 0 Å². The number of likely N-dealkylation sites (tertiary alicyclic amines) is 1. The minimum absolute atomic E-state index is 0.417. The standard InChI is InChI=1S/C20H35N2/c1-16-10-17(2)15-22(14-16)19-11-18(12-20(3,4)13-19)21-8-6-5-7-9-21/h11,16-17H,5-10,12-15H2,1-4H3/q+1/t16-,17-/m1/s1. The molecule has 2 fully saturated rings. The van der Waals surface area contributed by atoms with Crippen molar-refractivity contribution in [1.29, 1.82) is 0 Å². The summed E-state index contributed by atoms with van der Waals surface area (Å²) in [7, 11) is 0. The fraction of sp³-hybridized carbons (Fsp3) is 0.850. The third-order valence-corrected chi connectivity index (χ3v) is 5.69. The average Bonchev–Trinajstić information content (AvgIpc) is 2.45. The van der Waals surface area contributed by atoms with Crippen molar-refractivity contribution in [2.45, 2.75) is 66.2 Å². The molecule has 0 saturated carbocycles. The third kappa shape index (κ3) is 3.75. The van der Waals surface area contributed by atoms with Gasteiger partial charge in [0.15, 0.2) is 5.71 Å². The van der Waals surface area contributed by atoms with Crippen molar-refractivity contribution in [1.82, 2.24) is 4.90 Å². The summed E-state index contributed by atoms with van der Waals surface area (Å²) in [4.78, 5) is 2.68. The van der Waals surface area contributed by atoms with Gasteiger partial charge >= 0.3 is 0 Å². The first kappa shape index (κ1) is 16.1. The number of piperidine rings is 2. The van der Waals surface area contributed by atoms with E-state index in [1.165, 1.54) is 64.7 Å². The van der Waals surface area contributed by atoms with Gasteiger partial charge in [-0.25, -0.2) is 4.58 Å². The van der Waals surface area contributed by atoms with Crippen LogP contribution < -0.4 is 0 Å². The molecule has 2 heterocycles. The first-order chi connectivity index (χ1) is 10.4. The highest BCUT2D eigenvalue weighted by Gasteiger charge is 2.35. The highest BCUT2D eigenvalue weighted by atomic mass is 15.1. The summed E-state index contributed by atoms with van der Waals surface area (Å²) in [5.74, 6) is 1.68. The van der Waals surface area contributed by atoms with Gasteiger partial charge in [-0.05, 0) is 37.5 Å². The number of nitrogens with zero attached hydrogens (tertiary/aromatic N) is 2. The van der Waals surface area contributed by atoms with Crippen LogP contribution in [0.4, 0.5) is 0 Å². The average molecular weight is 304 g/mol. The van der Waals surface area contributed by atoms with Crippen LogP contribution in [0.15, 0.2) is 11.8 Å². The molecular weight excluding hydrogens is 268 g/mol. The summed E-state index contributed by atoms with van der Waals surface area (Å²) in [6.07, 6.45) is 10.7. The Hall–Kier alpha value is -0.790. The van der Waals surface area contributed by atoms with Crippen LogP contribution >= 0.6 is 0 Å². The van der Waals surface area contributed by atoms with Gasteiger partial charge in [0.2, 0.25) is 0 Å². The second kappa shape index (κ2) is 6.37. The molecule has 3 rings (SSSR count). The van der Waals surface area contributed by atoms with Crippen molar-refractivity contribution in [3.8, 4) is 0 Å². The van der Waals surface area contributed by atoms with Crippen LogP contribution in [0.25, 0.3) is 0 Å². The molecule has 2 aliphatic heterocycles. The van der Waals surface area contributed by atoms with E-state index in [9.17, 15) is 0 Å². The van der Waals surface area contributed by atoms with E-state index in [0.717, 1.165) is 11.8 Å². The molecule has 0 aromatic carbocycles. The molecule has 124 valence electrons. The van der Waals surface area contributed by atoms with Crippen LogP contribution in [0.2, 0.25) is 0 Å². The largest absolute Gasteiger partial charge is 0.375 e. The molecule has 0 bridgehead atoms. The summed E-state index contributed by atoms with van der Waals surface area (Å²) in [6.45, 7) is 14.9. The molecule has 0 N–H and O–H groups in total. The molecule has 2 saturated heterocycles. The number of hydrogen-bond donors (Lipinski definition) is 0. The highest BCUT2D eigenvalue weighted by molar-refractivity contribution is 5.92. The van der Waals surface area contributed by atoms with Gasteiger partial charge in [0, 0.05) is 43.1 Å². The molecule has 0 amide bonds. The number of allylic oxidation sites excluding steroid dienone is 2. The van der Waals surface area contributed by atoms with Crippen molar-refractivity contribution in [3.63, 3.8) is 0 Å². The van der Waals surface area contributed by atoms with Gasteiger partial charge in [-0.3, -0.25) is 0 Å². The monoisotopic (exact) mass is 303 g/mol. The summed E-state index contributed by atoms with van der Waals surface area (Å²) in [5, 5.41) is 0. The van der Waals surface area contributed by atoms with E-state index in [1.54, 1.807) is 11.4 Å². The molecule has 0 radical (unpaired) electrons. The summed E-state index contributed by atoms with van der Waals surface area (Å²) >= 11 is 0. The van der Waals surface area contributed by atoms with Gasteiger partial charge in [-0.1, -0.05) is 27.7 Å². The van der Waals surface area contributed by atoms with Crippen LogP contribution in [0.1, 0.15) is 66.2 Å². The van der Waals surface area contributed by atoms with Crippen molar-refractivity contribution < 1.29 is 4.58 Å². The fourth-order valence-corrected chi connectivity index (χ4v) is 4.82. The van der Waals surface area contributed by atoms with E-state index >= 15 is 0 Å². The summed E-state index contributed by atoms with van der Waals surface area (Å²) in [6, 6.07) is 0. The zero-order chi connectivity index (χ0) is 15.7. The molecule has 22 heavy (non-hydrogen) atoms. The minimum Gasteiger partial charge on any atom is -0.375 e. The van der Waals surface area contributed by atoms with E-state index in [2.05, 4.69) is 43.2 Å². The Morgan fingerprint density at radius 2 is 1.64 bits per heavy atom. The minimum atomic E-state index is 0.417. The number of hydrogen-bond acceptors (Lipinski definition) is 1. The lowest BCUT2D eigenvalue weighted by Gasteiger charge is -2.38. The second-order valence-electron chi connectivity index (χ2n) is 9.04. The molecule has 1 aliphatic carbocycles. The lowest BCUT2D eigenvalue weighted by molar-refractivity contribution is -0.553. The topological polar surface area (TPSA) is 6.25 Å². The van der Waals surface area contributed by atoms with Crippen molar-refractivity contribution >= 4 is 5.71 Å². The molecule has 3 aliphatic rings. The predicted octanol–water partition coefficient (Wildman–Crippen LogP) is 4.31. The maximum Gasteiger partial charge on any atom is 0.178 e. The predicted molar refractivity (Wildman–Crippen MR) is 94.5 cm³/mol. The van der Waals surface area contributed by atoms with Crippen molar-refractivity contribution in [3.05, 3.63) is 11.8 Å². The Labute approximate surface area is 137 Å². The van der Waals surface area contributed by atoms with Crippen molar-refractivity contribution in [2.75, 3.05) is 26.2 Å². The molecule has 2 atom stereocenters. The summed E-state index contributed by atoms with van der Waals surface area (Å²) < 4.78 is 2.71.